The van der Waals surface area contributed by atoms with Crippen molar-refractivity contribution in [3.8, 4) is 17.4 Å². The molecule has 0 radical (unpaired) electrons. The number of ether oxygens (including phenoxy) is 2. The van der Waals surface area contributed by atoms with Crippen molar-refractivity contribution in [1.82, 2.24) is 10.2 Å². The van der Waals surface area contributed by atoms with Gasteiger partial charge in [0.2, 0.25) is 5.13 Å². The number of anilines is 1. The van der Waals surface area contributed by atoms with Gasteiger partial charge in [-0.1, -0.05) is 23.5 Å². The number of rotatable bonds is 5. The predicted molar refractivity (Wildman–Crippen MR) is 84.4 cm³/mol. The van der Waals surface area contributed by atoms with Crippen LogP contribution in [0.2, 0.25) is 0 Å². The lowest BCUT2D eigenvalue weighted by molar-refractivity contribution is 0.0991. The fourth-order valence-corrected chi connectivity index (χ4v) is 2.40. The van der Waals surface area contributed by atoms with Crippen LogP contribution in [0.5, 0.6) is 17.4 Å². The van der Waals surface area contributed by atoms with Gasteiger partial charge in [0.1, 0.15) is 5.01 Å². The normalized spacial score (nSPS) is 10.3. The fourth-order valence-electron chi connectivity index (χ4n) is 1.81. The number of furan rings is 1. The molecule has 0 bridgehead atoms. The summed E-state index contributed by atoms with van der Waals surface area (Å²) in [5, 5.41) is 11.4. The Balaban J connectivity index is 1.71. The molecule has 23 heavy (non-hydrogen) atoms. The molecular formula is C15H13N3O4S. The van der Waals surface area contributed by atoms with Crippen LogP contribution in [0.1, 0.15) is 15.6 Å². The van der Waals surface area contributed by atoms with Crippen LogP contribution >= 0.6 is 11.3 Å². The molecule has 0 atom stereocenters. The first kappa shape index (κ1) is 15.0. The van der Waals surface area contributed by atoms with Crippen LogP contribution in [-0.2, 0) is 0 Å². The van der Waals surface area contributed by atoms with Crippen molar-refractivity contribution in [3.05, 3.63) is 47.2 Å². The minimum absolute atomic E-state index is 0.114. The van der Waals surface area contributed by atoms with Gasteiger partial charge in [0.15, 0.2) is 17.3 Å². The van der Waals surface area contributed by atoms with E-state index in [1.165, 1.54) is 17.4 Å². The lowest BCUT2D eigenvalue weighted by Crippen LogP contribution is -2.10. The number of carbonyl (C=O) groups excluding carboxylic acids is 1. The standard InChI is InChI=1S/C15H13N3O4S/c1-9-17-18-15(23-9)16-14(19)12-7-8-13(22-12)21-11-6-4-3-5-10(11)20-2/h3-8H,1-2H3,(H,16,18,19). The number of para-hydroxylation sites is 2. The molecule has 0 fully saturated rings. The average molecular weight is 331 g/mol. The zero-order valence-corrected chi connectivity index (χ0v) is 13.2. The molecule has 1 N–H and O–H groups in total. The van der Waals surface area contributed by atoms with Gasteiger partial charge in [0.25, 0.3) is 11.9 Å². The van der Waals surface area contributed by atoms with Crippen molar-refractivity contribution in [1.29, 1.82) is 0 Å². The molecule has 2 aromatic heterocycles. The maximum Gasteiger partial charge on any atom is 0.293 e. The van der Waals surface area contributed by atoms with E-state index >= 15 is 0 Å². The molecule has 0 aliphatic carbocycles. The van der Waals surface area contributed by atoms with Crippen molar-refractivity contribution in [2.75, 3.05) is 12.4 Å². The highest BCUT2D eigenvalue weighted by atomic mass is 32.1. The molecule has 1 aromatic carbocycles. The number of benzene rings is 1. The average Bonchev–Trinajstić information content (AvgIpc) is 3.17. The highest BCUT2D eigenvalue weighted by molar-refractivity contribution is 7.15. The number of hydrogen-bond donors (Lipinski definition) is 1. The summed E-state index contributed by atoms with van der Waals surface area (Å²) in [6.45, 7) is 1.80. The molecule has 0 aliphatic rings. The first-order chi connectivity index (χ1) is 11.2. The summed E-state index contributed by atoms with van der Waals surface area (Å²) < 4.78 is 16.2. The summed E-state index contributed by atoms with van der Waals surface area (Å²) in [6, 6.07) is 10.2. The fraction of sp³-hybridized carbons (Fsp3) is 0.133. The zero-order valence-electron chi connectivity index (χ0n) is 12.4. The van der Waals surface area contributed by atoms with Crippen molar-refractivity contribution < 1.29 is 18.7 Å². The number of amides is 1. The van der Waals surface area contributed by atoms with Crippen LogP contribution in [0, 0.1) is 6.92 Å². The SMILES string of the molecule is COc1ccccc1Oc1ccc(C(=O)Nc2nnc(C)s2)o1. The molecule has 118 valence electrons. The smallest absolute Gasteiger partial charge is 0.293 e. The maximum atomic E-state index is 12.1. The van der Waals surface area contributed by atoms with Crippen LogP contribution in [-0.4, -0.2) is 23.2 Å². The van der Waals surface area contributed by atoms with Crippen LogP contribution in [0.15, 0.2) is 40.8 Å². The number of aryl methyl sites for hydroxylation is 1. The van der Waals surface area contributed by atoms with E-state index < -0.39 is 5.91 Å². The monoisotopic (exact) mass is 331 g/mol. The first-order valence-corrected chi connectivity index (χ1v) is 7.49. The number of methoxy groups -OCH3 is 1. The van der Waals surface area contributed by atoms with Gasteiger partial charge < -0.3 is 13.9 Å². The van der Waals surface area contributed by atoms with Crippen molar-refractivity contribution in [2.24, 2.45) is 0 Å². The number of hydrogen-bond acceptors (Lipinski definition) is 7. The Morgan fingerprint density at radius 3 is 2.65 bits per heavy atom. The van der Waals surface area contributed by atoms with Gasteiger partial charge in [-0.25, -0.2) is 0 Å². The predicted octanol–water partition coefficient (Wildman–Crippen LogP) is 3.49. The van der Waals surface area contributed by atoms with E-state index in [0.717, 1.165) is 5.01 Å². The quantitative estimate of drug-likeness (QED) is 0.770. The number of carbonyl (C=O) groups is 1. The minimum Gasteiger partial charge on any atom is -0.493 e. The van der Waals surface area contributed by atoms with Crippen molar-refractivity contribution in [3.63, 3.8) is 0 Å². The molecule has 0 unspecified atom stereocenters. The van der Waals surface area contributed by atoms with Crippen LogP contribution < -0.4 is 14.8 Å². The Labute approximate surface area is 135 Å². The molecule has 3 rings (SSSR count). The Morgan fingerprint density at radius 2 is 1.96 bits per heavy atom. The second-order valence-electron chi connectivity index (χ2n) is 4.45. The van der Waals surface area contributed by atoms with Gasteiger partial charge >= 0.3 is 0 Å². The molecule has 2 heterocycles. The topological polar surface area (TPSA) is 86.5 Å². The molecule has 8 heteroatoms. The Hall–Kier alpha value is -2.87. The summed E-state index contributed by atoms with van der Waals surface area (Å²) in [5.41, 5.74) is 0. The van der Waals surface area contributed by atoms with Crippen LogP contribution in [0.4, 0.5) is 5.13 Å². The van der Waals surface area contributed by atoms with Gasteiger partial charge in [-0.15, -0.1) is 10.2 Å². The summed E-state index contributed by atoms with van der Waals surface area (Å²) in [6.07, 6.45) is 0. The molecule has 3 aromatic rings. The maximum absolute atomic E-state index is 12.1. The van der Waals surface area contributed by atoms with Gasteiger partial charge in [-0.3, -0.25) is 10.1 Å². The lowest BCUT2D eigenvalue weighted by atomic mass is 10.3. The van der Waals surface area contributed by atoms with E-state index in [-0.39, 0.29) is 11.7 Å². The summed E-state index contributed by atoms with van der Waals surface area (Å²) in [7, 11) is 1.55. The molecule has 0 spiro atoms. The highest BCUT2D eigenvalue weighted by Gasteiger charge is 2.15. The third-order valence-electron chi connectivity index (χ3n) is 2.83. The van der Waals surface area contributed by atoms with Crippen molar-refractivity contribution >= 4 is 22.4 Å². The second kappa shape index (κ2) is 6.49. The molecular weight excluding hydrogens is 318 g/mol. The lowest BCUT2D eigenvalue weighted by Gasteiger charge is -2.07. The van der Waals surface area contributed by atoms with E-state index in [1.807, 2.05) is 12.1 Å². The molecule has 0 aliphatic heterocycles. The van der Waals surface area contributed by atoms with Gasteiger partial charge in [-0.2, -0.15) is 0 Å². The Bertz CT molecular complexity index is 828. The third kappa shape index (κ3) is 3.49. The van der Waals surface area contributed by atoms with Crippen LogP contribution in [0.3, 0.4) is 0 Å². The van der Waals surface area contributed by atoms with E-state index in [9.17, 15) is 4.79 Å². The van der Waals surface area contributed by atoms with E-state index in [4.69, 9.17) is 13.9 Å². The highest BCUT2D eigenvalue weighted by Crippen LogP contribution is 2.31. The number of nitrogens with one attached hydrogen (secondary N) is 1. The first-order valence-electron chi connectivity index (χ1n) is 6.68. The minimum atomic E-state index is -0.420. The Morgan fingerprint density at radius 1 is 1.17 bits per heavy atom. The van der Waals surface area contributed by atoms with Gasteiger partial charge in [0, 0.05) is 6.07 Å². The second-order valence-corrected chi connectivity index (χ2v) is 5.63. The zero-order chi connectivity index (χ0) is 16.2. The van der Waals surface area contributed by atoms with E-state index in [2.05, 4.69) is 15.5 Å². The van der Waals surface area contributed by atoms with Gasteiger partial charge in [0.05, 0.1) is 7.11 Å². The molecule has 7 nitrogen and oxygen atoms in total. The van der Waals surface area contributed by atoms with Gasteiger partial charge in [-0.05, 0) is 25.1 Å². The summed E-state index contributed by atoms with van der Waals surface area (Å²) in [4.78, 5) is 12.1. The van der Waals surface area contributed by atoms with E-state index in [0.29, 0.717) is 16.6 Å². The van der Waals surface area contributed by atoms with Crippen molar-refractivity contribution in [2.45, 2.75) is 6.92 Å². The molecule has 1 amide bonds. The summed E-state index contributed by atoms with van der Waals surface area (Å²) in [5.74, 6) is 0.946. The van der Waals surface area contributed by atoms with E-state index in [1.54, 1.807) is 32.2 Å². The molecule has 0 saturated heterocycles. The summed E-state index contributed by atoms with van der Waals surface area (Å²) >= 11 is 1.28. The third-order valence-corrected chi connectivity index (χ3v) is 3.59. The largest absolute Gasteiger partial charge is 0.493 e. The molecule has 0 saturated carbocycles. The number of nitrogens with zero attached hydrogens (tertiary/aromatic N) is 2. The number of aromatic nitrogens is 2. The Kier molecular flexibility index (Phi) is 4.24. The van der Waals surface area contributed by atoms with Crippen LogP contribution in [0.25, 0.3) is 0 Å².